The van der Waals surface area contributed by atoms with E-state index in [1.54, 1.807) is 18.2 Å². The van der Waals surface area contributed by atoms with E-state index in [2.05, 4.69) is 0 Å². The molecule has 0 amide bonds. The number of hydrogen-bond acceptors (Lipinski definition) is 6. The summed E-state index contributed by atoms with van der Waals surface area (Å²) in [4.78, 5) is 20.4. The molecule has 0 radical (unpaired) electrons. The minimum Gasteiger partial charge on any atom is -0.545 e. The van der Waals surface area contributed by atoms with Gasteiger partial charge in [-0.15, -0.1) is 0 Å². The SMILES string of the molecule is N.O=C(O)c1ccccc1O.O=C([O-])c1ccccc1O.[K+]. The number of carbonyl (C=O) groups excluding carboxylic acids is 1. The van der Waals surface area contributed by atoms with Crippen molar-refractivity contribution in [3.8, 4) is 11.5 Å². The van der Waals surface area contributed by atoms with Gasteiger partial charge in [0.05, 0.1) is 5.97 Å². The number of hydrogen-bond donors (Lipinski definition) is 4. The number of rotatable bonds is 2. The summed E-state index contributed by atoms with van der Waals surface area (Å²) >= 11 is 0. The molecule has 0 heterocycles. The Labute approximate surface area is 169 Å². The quantitative estimate of drug-likeness (QED) is 0.465. The third-order valence-corrected chi connectivity index (χ3v) is 2.26. The van der Waals surface area contributed by atoms with Crippen LogP contribution >= 0.6 is 0 Å². The Morgan fingerprint density at radius 1 is 0.818 bits per heavy atom. The van der Waals surface area contributed by atoms with Gasteiger partial charge in [-0.1, -0.05) is 24.3 Å². The molecular formula is C14H14KNO6. The van der Waals surface area contributed by atoms with Gasteiger partial charge >= 0.3 is 57.4 Å². The molecule has 0 fully saturated rings. The molecule has 0 unspecified atom stereocenters. The molecule has 2 aromatic carbocycles. The molecule has 0 atom stereocenters. The summed E-state index contributed by atoms with van der Waals surface area (Å²) < 4.78 is 0. The zero-order valence-electron chi connectivity index (χ0n) is 11.9. The summed E-state index contributed by atoms with van der Waals surface area (Å²) in [6.07, 6.45) is 0. The maximum absolute atomic E-state index is 10.3. The molecule has 0 aliphatic rings. The van der Waals surface area contributed by atoms with Crippen molar-refractivity contribution in [2.24, 2.45) is 0 Å². The van der Waals surface area contributed by atoms with Crippen LogP contribution in [0.2, 0.25) is 0 Å². The van der Waals surface area contributed by atoms with Crippen molar-refractivity contribution < 1.29 is 81.4 Å². The predicted octanol–water partition coefficient (Wildman–Crippen LogP) is -1.99. The van der Waals surface area contributed by atoms with Gasteiger partial charge in [0, 0.05) is 5.56 Å². The van der Waals surface area contributed by atoms with Crippen LogP contribution in [-0.2, 0) is 0 Å². The van der Waals surface area contributed by atoms with Crippen molar-refractivity contribution in [2.75, 3.05) is 0 Å². The van der Waals surface area contributed by atoms with Crippen molar-refractivity contribution in [3.63, 3.8) is 0 Å². The Balaban J connectivity index is 0. The zero-order valence-corrected chi connectivity index (χ0v) is 15.0. The number of benzene rings is 2. The van der Waals surface area contributed by atoms with Gasteiger partial charge in [0.15, 0.2) is 0 Å². The van der Waals surface area contributed by atoms with E-state index in [1.165, 1.54) is 30.3 Å². The van der Waals surface area contributed by atoms with Gasteiger partial charge in [-0.05, 0) is 24.3 Å². The first kappa shape index (κ1) is 22.9. The number of carbonyl (C=O) groups is 2. The molecule has 0 saturated heterocycles. The summed E-state index contributed by atoms with van der Waals surface area (Å²) in [5, 5.41) is 36.3. The van der Waals surface area contributed by atoms with Crippen LogP contribution in [0.3, 0.4) is 0 Å². The number of aromatic carboxylic acids is 2. The van der Waals surface area contributed by atoms with Crippen LogP contribution in [0.15, 0.2) is 48.5 Å². The molecule has 7 nitrogen and oxygen atoms in total. The maximum atomic E-state index is 10.3. The van der Waals surface area contributed by atoms with Crippen molar-refractivity contribution in [1.82, 2.24) is 6.15 Å². The fourth-order valence-corrected chi connectivity index (χ4v) is 1.30. The van der Waals surface area contributed by atoms with E-state index in [9.17, 15) is 14.7 Å². The normalized spacial score (nSPS) is 8.36. The van der Waals surface area contributed by atoms with Crippen LogP contribution in [0.5, 0.6) is 11.5 Å². The molecule has 2 rings (SSSR count). The van der Waals surface area contributed by atoms with Gasteiger partial charge in [0.2, 0.25) is 0 Å². The Bertz CT molecular complexity index is 577. The van der Waals surface area contributed by atoms with E-state index in [4.69, 9.17) is 15.3 Å². The second kappa shape index (κ2) is 11.2. The Hall–Kier alpha value is -1.42. The van der Waals surface area contributed by atoms with E-state index < -0.39 is 11.9 Å². The summed E-state index contributed by atoms with van der Waals surface area (Å²) in [5.41, 5.74) is -0.245. The Kier molecular flexibility index (Phi) is 11.6. The number of para-hydroxylation sites is 2. The van der Waals surface area contributed by atoms with E-state index in [0.717, 1.165) is 0 Å². The summed E-state index contributed by atoms with van der Waals surface area (Å²) in [6.45, 7) is 0. The van der Waals surface area contributed by atoms with E-state index >= 15 is 0 Å². The largest absolute Gasteiger partial charge is 1.00 e. The number of carboxylic acid groups (broad SMARTS) is 2. The molecule has 0 aliphatic carbocycles. The van der Waals surface area contributed by atoms with Crippen LogP contribution in [0.1, 0.15) is 20.7 Å². The summed E-state index contributed by atoms with van der Waals surface area (Å²) in [6, 6.07) is 11.5. The smallest absolute Gasteiger partial charge is 0.545 e. The van der Waals surface area contributed by atoms with Crippen LogP contribution in [-0.4, -0.2) is 27.3 Å². The van der Waals surface area contributed by atoms with Crippen LogP contribution in [0, 0.1) is 0 Å². The number of carboxylic acids is 2. The molecular weight excluding hydrogens is 317 g/mol. The number of aromatic hydroxyl groups is 2. The van der Waals surface area contributed by atoms with Crippen molar-refractivity contribution in [1.29, 1.82) is 0 Å². The van der Waals surface area contributed by atoms with Gasteiger partial charge in [-0.3, -0.25) is 0 Å². The molecule has 0 spiro atoms. The summed E-state index contributed by atoms with van der Waals surface area (Å²) in [5.74, 6) is -2.94. The van der Waals surface area contributed by atoms with Gasteiger partial charge < -0.3 is 31.4 Å². The maximum Gasteiger partial charge on any atom is 1.00 e. The number of phenols is 2. The molecule has 112 valence electrons. The zero-order chi connectivity index (χ0) is 15.1. The van der Waals surface area contributed by atoms with E-state index in [-0.39, 0.29) is 80.2 Å². The minimum absolute atomic E-state index is 0. The third kappa shape index (κ3) is 7.03. The molecule has 0 bridgehead atoms. The average molecular weight is 331 g/mol. The van der Waals surface area contributed by atoms with Crippen LogP contribution < -0.4 is 62.6 Å². The van der Waals surface area contributed by atoms with Crippen molar-refractivity contribution in [2.45, 2.75) is 0 Å². The third-order valence-electron chi connectivity index (χ3n) is 2.26. The second-order valence-electron chi connectivity index (χ2n) is 3.63. The first-order chi connectivity index (χ1) is 9.43. The van der Waals surface area contributed by atoms with E-state index in [1.807, 2.05) is 0 Å². The topological polar surface area (TPSA) is 153 Å². The molecule has 0 saturated carbocycles. The average Bonchev–Trinajstić information content (AvgIpc) is 2.40. The van der Waals surface area contributed by atoms with Gasteiger partial charge in [0.1, 0.15) is 17.1 Å². The first-order valence-corrected chi connectivity index (χ1v) is 5.44. The Morgan fingerprint density at radius 2 is 1.18 bits per heavy atom. The fourth-order valence-electron chi connectivity index (χ4n) is 1.30. The van der Waals surface area contributed by atoms with Crippen molar-refractivity contribution in [3.05, 3.63) is 59.7 Å². The molecule has 6 N–H and O–H groups in total. The first-order valence-electron chi connectivity index (χ1n) is 5.44. The van der Waals surface area contributed by atoms with Crippen molar-refractivity contribution >= 4 is 11.9 Å². The van der Waals surface area contributed by atoms with Crippen LogP contribution in [0.4, 0.5) is 0 Å². The molecule has 2 aromatic rings. The molecule has 8 heteroatoms. The second-order valence-corrected chi connectivity index (χ2v) is 3.63. The predicted molar refractivity (Wildman–Crippen MR) is 72.5 cm³/mol. The van der Waals surface area contributed by atoms with Gasteiger partial charge in [-0.25, -0.2) is 4.79 Å². The van der Waals surface area contributed by atoms with Gasteiger partial charge in [-0.2, -0.15) is 0 Å². The Morgan fingerprint density at radius 3 is 1.41 bits per heavy atom. The van der Waals surface area contributed by atoms with Crippen LogP contribution in [0.25, 0.3) is 0 Å². The molecule has 22 heavy (non-hydrogen) atoms. The van der Waals surface area contributed by atoms with E-state index in [0.29, 0.717) is 0 Å². The fraction of sp³-hybridized carbons (Fsp3) is 0. The monoisotopic (exact) mass is 331 g/mol. The minimum atomic E-state index is -1.36. The summed E-state index contributed by atoms with van der Waals surface area (Å²) in [7, 11) is 0. The van der Waals surface area contributed by atoms with Gasteiger partial charge in [0.25, 0.3) is 0 Å². The molecule has 0 aromatic heterocycles. The standard InChI is InChI=1S/2C7H6O3.K.H3N/c2*8-6-4-2-1-3-5(6)7(9)10;;/h2*1-4,8H,(H,9,10);;1H3/q;;+1;/p-1. The molecule has 0 aliphatic heterocycles.